The van der Waals surface area contributed by atoms with Gasteiger partial charge in [-0.05, 0) is 73.9 Å². The lowest BCUT2D eigenvalue weighted by atomic mass is 9.49. The molecule has 1 spiro atoms. The zero-order chi connectivity index (χ0) is 21.2. The second kappa shape index (κ2) is 5.73. The Hall–Kier alpha value is -2.43. The van der Waals surface area contributed by atoms with Crippen molar-refractivity contribution in [1.29, 1.82) is 0 Å². The van der Waals surface area contributed by atoms with Crippen LogP contribution in [0.1, 0.15) is 53.3 Å². The fraction of sp³-hybridized carbons (Fsp3) is 0.464. The van der Waals surface area contributed by atoms with E-state index in [2.05, 4.69) is 54.3 Å². The number of likely N-dealkylation sites (tertiary alicyclic amines) is 1. The summed E-state index contributed by atoms with van der Waals surface area (Å²) < 4.78 is 6.84. The molecule has 2 fully saturated rings. The van der Waals surface area contributed by atoms with Gasteiger partial charge in [-0.3, -0.25) is 4.90 Å². The van der Waals surface area contributed by atoms with Gasteiger partial charge in [-0.15, -0.1) is 0 Å². The highest BCUT2D eigenvalue weighted by molar-refractivity contribution is 5.80. The molecule has 5 aliphatic rings. The number of ether oxygens (including phenoxy) is 1. The van der Waals surface area contributed by atoms with Crippen molar-refractivity contribution in [2.45, 2.75) is 62.2 Å². The van der Waals surface area contributed by atoms with Crippen LogP contribution in [0.3, 0.4) is 0 Å². The molecule has 2 aliphatic heterocycles. The molecule has 1 saturated carbocycles. The average Bonchev–Trinajstić information content (AvgIpc) is 3.53. The van der Waals surface area contributed by atoms with Crippen LogP contribution in [0.5, 0.6) is 5.75 Å². The lowest BCUT2D eigenvalue weighted by Crippen LogP contribution is -2.74. The topological polar surface area (TPSA) is 45.6 Å². The number of hydrogen-bond acceptors (Lipinski definition) is 4. The van der Waals surface area contributed by atoms with Gasteiger partial charge in [0.25, 0.3) is 0 Å². The van der Waals surface area contributed by atoms with E-state index in [1.165, 1.54) is 35.1 Å². The number of para-hydroxylation sites is 1. The number of aromatic nitrogens is 1. The maximum Gasteiger partial charge on any atom is 0.153 e. The SMILES string of the molecule is Cc1ccc2c3c1O[C@H]1c4nc5ccccc5cc4C[C@@]4(O)[C@H](C2)N(CC2CC2)CC[C@]314. The summed E-state index contributed by atoms with van der Waals surface area (Å²) in [6.07, 6.45) is 5.00. The van der Waals surface area contributed by atoms with Crippen molar-refractivity contribution in [3.8, 4) is 5.75 Å². The molecule has 0 radical (unpaired) electrons. The molecule has 1 saturated heterocycles. The number of hydrogen-bond donors (Lipinski definition) is 1. The van der Waals surface area contributed by atoms with Gasteiger partial charge in [0.2, 0.25) is 0 Å². The molecule has 32 heavy (non-hydrogen) atoms. The summed E-state index contributed by atoms with van der Waals surface area (Å²) in [5, 5.41) is 13.9. The van der Waals surface area contributed by atoms with Crippen molar-refractivity contribution >= 4 is 10.9 Å². The minimum Gasteiger partial charge on any atom is -0.482 e. The van der Waals surface area contributed by atoms with Crippen LogP contribution in [-0.4, -0.2) is 39.7 Å². The third-order valence-corrected chi connectivity index (χ3v) is 9.28. The molecule has 162 valence electrons. The minimum atomic E-state index is -0.825. The van der Waals surface area contributed by atoms with Gasteiger partial charge in [0.05, 0.1) is 22.2 Å². The van der Waals surface area contributed by atoms with E-state index < -0.39 is 11.0 Å². The van der Waals surface area contributed by atoms with Crippen LogP contribution < -0.4 is 4.74 Å². The Balaban J connectivity index is 1.41. The number of piperidine rings is 1. The Morgan fingerprint density at radius 3 is 2.91 bits per heavy atom. The highest BCUT2D eigenvalue weighted by Crippen LogP contribution is 2.67. The first-order chi connectivity index (χ1) is 15.6. The van der Waals surface area contributed by atoms with E-state index in [-0.39, 0.29) is 12.1 Å². The molecule has 0 amide bonds. The Kier molecular flexibility index (Phi) is 3.23. The smallest absolute Gasteiger partial charge is 0.153 e. The largest absolute Gasteiger partial charge is 0.482 e. The van der Waals surface area contributed by atoms with Crippen LogP contribution in [0.15, 0.2) is 42.5 Å². The number of pyridine rings is 1. The molecule has 3 heterocycles. The third kappa shape index (κ3) is 2.00. The van der Waals surface area contributed by atoms with Crippen LogP contribution in [-0.2, 0) is 18.3 Å². The second-order valence-corrected chi connectivity index (χ2v) is 10.9. The first-order valence-corrected chi connectivity index (χ1v) is 12.2. The predicted octanol–water partition coefficient (Wildman–Crippen LogP) is 4.24. The van der Waals surface area contributed by atoms with Gasteiger partial charge in [-0.25, -0.2) is 4.98 Å². The summed E-state index contributed by atoms with van der Waals surface area (Å²) in [5.41, 5.74) is 5.87. The molecular formula is C28H28N2O2. The van der Waals surface area contributed by atoms with Crippen LogP contribution in [0, 0.1) is 12.8 Å². The maximum absolute atomic E-state index is 12.8. The highest BCUT2D eigenvalue weighted by Gasteiger charge is 2.72. The van der Waals surface area contributed by atoms with Gasteiger partial charge in [-0.1, -0.05) is 30.3 Å². The van der Waals surface area contributed by atoms with Crippen molar-refractivity contribution in [3.05, 3.63) is 70.4 Å². The van der Waals surface area contributed by atoms with Crippen molar-refractivity contribution < 1.29 is 9.84 Å². The molecule has 2 bridgehead atoms. The first kappa shape index (κ1) is 18.0. The molecule has 4 heteroatoms. The number of benzene rings is 2. The summed E-state index contributed by atoms with van der Waals surface area (Å²) >= 11 is 0. The molecule has 3 aromatic rings. The van der Waals surface area contributed by atoms with Crippen LogP contribution in [0.2, 0.25) is 0 Å². The molecule has 2 aromatic carbocycles. The van der Waals surface area contributed by atoms with E-state index in [0.717, 1.165) is 54.2 Å². The van der Waals surface area contributed by atoms with E-state index in [0.29, 0.717) is 6.42 Å². The fourth-order valence-corrected chi connectivity index (χ4v) is 7.63. The van der Waals surface area contributed by atoms with Gasteiger partial charge in [-0.2, -0.15) is 0 Å². The predicted molar refractivity (Wildman–Crippen MR) is 123 cm³/mol. The van der Waals surface area contributed by atoms with E-state index in [9.17, 15) is 5.11 Å². The van der Waals surface area contributed by atoms with Gasteiger partial charge in [0.15, 0.2) is 6.10 Å². The molecule has 0 unspecified atom stereocenters. The van der Waals surface area contributed by atoms with E-state index >= 15 is 0 Å². The van der Waals surface area contributed by atoms with E-state index in [4.69, 9.17) is 9.72 Å². The molecule has 8 rings (SSSR count). The summed E-state index contributed by atoms with van der Waals surface area (Å²) in [4.78, 5) is 7.79. The molecule has 4 atom stereocenters. The van der Waals surface area contributed by atoms with Crippen molar-refractivity contribution in [2.75, 3.05) is 13.1 Å². The minimum absolute atomic E-state index is 0.142. The summed E-state index contributed by atoms with van der Waals surface area (Å²) in [7, 11) is 0. The summed E-state index contributed by atoms with van der Waals surface area (Å²) in [6, 6.07) is 15.3. The monoisotopic (exact) mass is 424 g/mol. The van der Waals surface area contributed by atoms with Gasteiger partial charge >= 0.3 is 0 Å². The van der Waals surface area contributed by atoms with Crippen molar-refractivity contribution in [1.82, 2.24) is 9.88 Å². The molecule has 1 N–H and O–H groups in total. The lowest BCUT2D eigenvalue weighted by molar-refractivity contribution is -0.173. The maximum atomic E-state index is 12.8. The zero-order valence-electron chi connectivity index (χ0n) is 18.5. The molecular weight excluding hydrogens is 396 g/mol. The third-order valence-electron chi connectivity index (χ3n) is 9.28. The lowest BCUT2D eigenvalue weighted by Gasteiger charge is -2.63. The van der Waals surface area contributed by atoms with Crippen LogP contribution in [0.25, 0.3) is 10.9 Å². The number of rotatable bonds is 2. The van der Waals surface area contributed by atoms with Gasteiger partial charge < -0.3 is 9.84 Å². The van der Waals surface area contributed by atoms with Crippen molar-refractivity contribution in [3.63, 3.8) is 0 Å². The Morgan fingerprint density at radius 1 is 1.16 bits per heavy atom. The number of aryl methyl sites for hydroxylation is 1. The molecule has 1 aromatic heterocycles. The Morgan fingerprint density at radius 2 is 2.03 bits per heavy atom. The number of aliphatic hydroxyl groups is 1. The Labute approximate surface area is 188 Å². The first-order valence-electron chi connectivity index (χ1n) is 12.2. The quantitative estimate of drug-likeness (QED) is 0.668. The van der Waals surface area contributed by atoms with Gasteiger partial charge in [0, 0.05) is 30.0 Å². The molecule has 4 nitrogen and oxygen atoms in total. The molecule has 3 aliphatic carbocycles. The van der Waals surface area contributed by atoms with E-state index in [1.54, 1.807) is 0 Å². The normalized spacial score (nSPS) is 34.2. The second-order valence-electron chi connectivity index (χ2n) is 10.9. The standard InChI is InChI=1S/C28H28N2O2/c1-16-6-9-19-13-22-28(31)14-20-12-18-4-2-3-5-21(18)29-24(20)26-27(28,23(19)25(16)32-26)10-11-30(22)15-17-7-8-17/h2-6,9,12,17,22,26,31H,7-8,10-11,13-15H2,1H3/t22-,26-,27-,28+/m0/s1. The number of fused-ring (bicyclic) bond motifs is 3. The summed E-state index contributed by atoms with van der Waals surface area (Å²) in [6.45, 7) is 4.32. The zero-order valence-corrected chi connectivity index (χ0v) is 18.5. The van der Waals surface area contributed by atoms with Crippen LogP contribution >= 0.6 is 0 Å². The van der Waals surface area contributed by atoms with Gasteiger partial charge in [0.1, 0.15) is 5.75 Å². The fourth-order valence-electron chi connectivity index (χ4n) is 7.63. The Bertz CT molecular complexity index is 1310. The highest BCUT2D eigenvalue weighted by atomic mass is 16.5. The van der Waals surface area contributed by atoms with E-state index in [1.807, 2.05) is 0 Å². The number of nitrogens with zero attached hydrogens (tertiary/aromatic N) is 2. The van der Waals surface area contributed by atoms with Crippen molar-refractivity contribution in [2.24, 2.45) is 5.92 Å². The summed E-state index contributed by atoms with van der Waals surface area (Å²) in [5.74, 6) is 1.84. The van der Waals surface area contributed by atoms with Crippen LogP contribution in [0.4, 0.5) is 0 Å². The average molecular weight is 425 g/mol.